The summed E-state index contributed by atoms with van der Waals surface area (Å²) in [5.41, 5.74) is 2.70. The number of rotatable bonds is 5. The second-order valence-electron chi connectivity index (χ2n) is 7.74. The minimum absolute atomic E-state index is 0. The van der Waals surface area contributed by atoms with Crippen molar-refractivity contribution in [1.82, 2.24) is 0 Å². The standard InChI is InChI=1S/C20H32NO2.HI/c1-15-10-9-11-16(2)19(15)20(22)23-17(3)14-21(4,5)18-12-7-6-8-13-18;/h9-11,17-18H,6-8,12-14H2,1-5H3;1H/q+1;/p-1/t17-;/m0./s1. The quantitative estimate of drug-likeness (QED) is 0.388. The molecule has 0 unspecified atom stereocenters. The summed E-state index contributed by atoms with van der Waals surface area (Å²) in [4.78, 5) is 12.5. The molecule has 1 aliphatic rings. The largest absolute Gasteiger partial charge is 1.00 e. The molecule has 1 aromatic rings. The van der Waals surface area contributed by atoms with Gasteiger partial charge in [-0.25, -0.2) is 4.79 Å². The molecule has 3 nitrogen and oxygen atoms in total. The number of hydrogen-bond donors (Lipinski definition) is 0. The lowest BCUT2D eigenvalue weighted by atomic mass is 9.93. The summed E-state index contributed by atoms with van der Waals surface area (Å²) in [5.74, 6) is -0.184. The van der Waals surface area contributed by atoms with Gasteiger partial charge in [0.2, 0.25) is 0 Å². The number of hydrogen-bond acceptors (Lipinski definition) is 2. The van der Waals surface area contributed by atoms with Crippen molar-refractivity contribution < 1.29 is 38.0 Å². The van der Waals surface area contributed by atoms with Gasteiger partial charge in [-0.15, -0.1) is 0 Å². The molecule has 0 aliphatic heterocycles. The molecular weight excluding hydrogens is 413 g/mol. The molecule has 4 heteroatoms. The van der Waals surface area contributed by atoms with Crippen LogP contribution in [0.4, 0.5) is 0 Å². The Labute approximate surface area is 164 Å². The highest BCUT2D eigenvalue weighted by molar-refractivity contribution is 5.92. The van der Waals surface area contributed by atoms with Gasteiger partial charge in [0.15, 0.2) is 0 Å². The second kappa shape index (κ2) is 9.18. The zero-order valence-electron chi connectivity index (χ0n) is 15.8. The normalized spacial score (nSPS) is 17.0. The van der Waals surface area contributed by atoms with Crippen molar-refractivity contribution in [3.05, 3.63) is 34.9 Å². The summed E-state index contributed by atoms with van der Waals surface area (Å²) in [5, 5.41) is 0. The molecule has 24 heavy (non-hydrogen) atoms. The number of likely N-dealkylation sites (N-methyl/N-ethyl adjacent to an activating group) is 1. The van der Waals surface area contributed by atoms with E-state index in [1.165, 1.54) is 32.1 Å². The van der Waals surface area contributed by atoms with Gasteiger partial charge < -0.3 is 33.2 Å². The number of halogens is 1. The van der Waals surface area contributed by atoms with Crippen LogP contribution in [0, 0.1) is 13.8 Å². The lowest BCUT2D eigenvalue weighted by Gasteiger charge is -2.41. The number of aryl methyl sites for hydroxylation is 2. The molecule has 0 heterocycles. The van der Waals surface area contributed by atoms with E-state index in [9.17, 15) is 4.79 Å². The number of quaternary nitrogens is 1. The molecule has 1 atom stereocenters. The Morgan fingerprint density at radius 1 is 1.17 bits per heavy atom. The highest BCUT2D eigenvalue weighted by Crippen LogP contribution is 2.26. The zero-order valence-corrected chi connectivity index (χ0v) is 17.9. The van der Waals surface area contributed by atoms with Crippen LogP contribution in [0.3, 0.4) is 0 Å². The first-order chi connectivity index (χ1) is 10.8. The van der Waals surface area contributed by atoms with Crippen molar-refractivity contribution in [3.8, 4) is 0 Å². The van der Waals surface area contributed by atoms with Crippen LogP contribution in [-0.4, -0.2) is 43.2 Å². The number of esters is 1. The fourth-order valence-electron chi connectivity index (χ4n) is 4.01. The summed E-state index contributed by atoms with van der Waals surface area (Å²) in [6, 6.07) is 6.62. The summed E-state index contributed by atoms with van der Waals surface area (Å²) in [7, 11) is 4.55. The minimum Gasteiger partial charge on any atom is -1.00 e. The van der Waals surface area contributed by atoms with Gasteiger partial charge in [0.05, 0.1) is 25.7 Å². The summed E-state index contributed by atoms with van der Waals surface area (Å²) >= 11 is 0. The highest BCUT2D eigenvalue weighted by Gasteiger charge is 2.32. The van der Waals surface area contributed by atoms with Gasteiger partial charge in [-0.1, -0.05) is 24.6 Å². The molecule has 0 saturated heterocycles. The van der Waals surface area contributed by atoms with Gasteiger partial charge in [0.1, 0.15) is 12.6 Å². The Morgan fingerprint density at radius 3 is 2.25 bits per heavy atom. The van der Waals surface area contributed by atoms with E-state index < -0.39 is 0 Å². The number of carbonyl (C=O) groups is 1. The van der Waals surface area contributed by atoms with Crippen LogP contribution < -0.4 is 24.0 Å². The molecular formula is C20H32INO2. The van der Waals surface area contributed by atoms with Crippen LogP contribution in [0.15, 0.2) is 18.2 Å². The van der Waals surface area contributed by atoms with Crippen LogP contribution in [0.25, 0.3) is 0 Å². The average molecular weight is 445 g/mol. The van der Waals surface area contributed by atoms with Crippen LogP contribution in [0.1, 0.15) is 60.5 Å². The van der Waals surface area contributed by atoms with Gasteiger partial charge in [0.25, 0.3) is 0 Å². The van der Waals surface area contributed by atoms with E-state index in [0.29, 0.717) is 6.04 Å². The predicted molar refractivity (Wildman–Crippen MR) is 94.6 cm³/mol. The van der Waals surface area contributed by atoms with E-state index in [1.807, 2.05) is 39.0 Å². The Morgan fingerprint density at radius 2 is 1.71 bits per heavy atom. The van der Waals surface area contributed by atoms with Gasteiger partial charge in [-0.2, -0.15) is 0 Å². The Balaban J connectivity index is 0.00000288. The van der Waals surface area contributed by atoms with E-state index in [-0.39, 0.29) is 36.0 Å². The van der Waals surface area contributed by atoms with Gasteiger partial charge >= 0.3 is 5.97 Å². The van der Waals surface area contributed by atoms with Crippen LogP contribution in [0.2, 0.25) is 0 Å². The third-order valence-electron chi connectivity index (χ3n) is 5.28. The number of benzene rings is 1. The van der Waals surface area contributed by atoms with Crippen molar-refractivity contribution >= 4 is 5.97 Å². The van der Waals surface area contributed by atoms with Crippen LogP contribution in [-0.2, 0) is 4.74 Å². The van der Waals surface area contributed by atoms with E-state index in [1.54, 1.807) is 0 Å². The minimum atomic E-state index is -0.184. The Kier molecular flexibility index (Phi) is 8.20. The van der Waals surface area contributed by atoms with Gasteiger partial charge in [-0.3, -0.25) is 0 Å². The Hall–Kier alpha value is -0.620. The number of nitrogens with zero attached hydrogens (tertiary/aromatic N) is 1. The molecule has 1 aliphatic carbocycles. The van der Waals surface area contributed by atoms with Crippen molar-refractivity contribution in [3.63, 3.8) is 0 Å². The third-order valence-corrected chi connectivity index (χ3v) is 5.28. The predicted octanol–water partition coefficient (Wildman–Crippen LogP) is 1.26. The van der Waals surface area contributed by atoms with E-state index in [0.717, 1.165) is 27.7 Å². The highest BCUT2D eigenvalue weighted by atomic mass is 127. The lowest BCUT2D eigenvalue weighted by Crippen LogP contribution is -3.00. The molecule has 0 spiro atoms. The zero-order chi connectivity index (χ0) is 17.0. The maximum atomic E-state index is 12.5. The molecule has 0 amide bonds. The SMILES string of the molecule is Cc1cccc(C)c1C(=O)O[C@@H](C)C[N+](C)(C)C1CCCCC1.[I-]. The Bertz CT molecular complexity index is 530. The van der Waals surface area contributed by atoms with Crippen molar-refractivity contribution in [2.24, 2.45) is 0 Å². The molecule has 136 valence electrons. The summed E-state index contributed by atoms with van der Waals surface area (Å²) in [6.07, 6.45) is 6.56. The van der Waals surface area contributed by atoms with Crippen molar-refractivity contribution in [2.75, 3.05) is 20.6 Å². The monoisotopic (exact) mass is 445 g/mol. The topological polar surface area (TPSA) is 26.3 Å². The first-order valence-corrected chi connectivity index (χ1v) is 8.91. The van der Waals surface area contributed by atoms with E-state index in [2.05, 4.69) is 14.1 Å². The van der Waals surface area contributed by atoms with Crippen LogP contribution >= 0.6 is 0 Å². The first-order valence-electron chi connectivity index (χ1n) is 8.91. The molecule has 1 fully saturated rings. The molecule has 1 saturated carbocycles. The summed E-state index contributed by atoms with van der Waals surface area (Å²) in [6.45, 7) is 6.84. The molecule has 0 N–H and O–H groups in total. The maximum Gasteiger partial charge on any atom is 0.339 e. The van der Waals surface area contributed by atoms with Crippen molar-refractivity contribution in [2.45, 2.75) is 65.0 Å². The van der Waals surface area contributed by atoms with E-state index >= 15 is 0 Å². The maximum absolute atomic E-state index is 12.5. The van der Waals surface area contributed by atoms with Crippen LogP contribution in [0.5, 0.6) is 0 Å². The number of carbonyl (C=O) groups excluding carboxylic acids is 1. The lowest BCUT2D eigenvalue weighted by molar-refractivity contribution is -0.918. The molecule has 1 aromatic carbocycles. The molecule has 2 rings (SSSR count). The molecule has 0 radical (unpaired) electrons. The number of ether oxygens (including phenoxy) is 1. The summed E-state index contributed by atoms with van der Waals surface area (Å²) < 4.78 is 6.72. The van der Waals surface area contributed by atoms with Gasteiger partial charge in [0, 0.05) is 0 Å². The second-order valence-corrected chi connectivity index (χ2v) is 7.74. The fourth-order valence-corrected chi connectivity index (χ4v) is 4.01. The third kappa shape index (κ3) is 5.45. The molecule has 0 aromatic heterocycles. The molecule has 0 bridgehead atoms. The smallest absolute Gasteiger partial charge is 0.339 e. The average Bonchev–Trinajstić information content (AvgIpc) is 2.47. The van der Waals surface area contributed by atoms with Crippen molar-refractivity contribution in [1.29, 1.82) is 0 Å². The first kappa shape index (κ1) is 21.4. The fraction of sp³-hybridized carbons (Fsp3) is 0.650. The van der Waals surface area contributed by atoms with Gasteiger partial charge in [-0.05, 0) is 57.6 Å². The van der Waals surface area contributed by atoms with E-state index in [4.69, 9.17) is 4.74 Å².